The van der Waals surface area contributed by atoms with E-state index in [1.807, 2.05) is 12.1 Å². The molecule has 0 amide bonds. The maximum absolute atomic E-state index is 12.2. The Morgan fingerprint density at radius 2 is 1.71 bits per heavy atom. The number of benzene rings is 1. The molecule has 1 heterocycles. The molecule has 1 aliphatic rings. The number of nitrogens with one attached hydrogen (secondary N) is 1. The molecule has 1 N–H and O–H groups in total. The first-order valence-corrected chi connectivity index (χ1v) is 8.68. The third-order valence-electron chi connectivity index (χ3n) is 4.44. The zero-order chi connectivity index (χ0) is 14.9. The molecule has 0 spiro atoms. The molecule has 2 heteroatoms. The highest BCUT2D eigenvalue weighted by Gasteiger charge is 2.25. The van der Waals surface area contributed by atoms with Crippen molar-refractivity contribution in [2.75, 3.05) is 5.32 Å². The summed E-state index contributed by atoms with van der Waals surface area (Å²) >= 11 is 0. The first-order chi connectivity index (χ1) is 10.3. The van der Waals surface area contributed by atoms with Gasteiger partial charge in [-0.1, -0.05) is 70.1 Å². The van der Waals surface area contributed by atoms with E-state index in [1.165, 1.54) is 50.5 Å². The molecular formula is C19H29NO. The molecule has 1 aliphatic heterocycles. The van der Waals surface area contributed by atoms with Crippen molar-refractivity contribution in [1.29, 1.82) is 0 Å². The smallest absolute Gasteiger partial charge is 0.155 e. The lowest BCUT2D eigenvalue weighted by atomic mass is 10.0. The molecule has 2 rings (SSSR count). The largest absolute Gasteiger partial charge is 0.375 e. The summed E-state index contributed by atoms with van der Waals surface area (Å²) in [5.41, 5.74) is 2.43. The monoisotopic (exact) mass is 287 g/mol. The normalized spacial score (nSPS) is 16.5. The number of Topliss-reactive ketones (excluding diaryl/α,β-unsaturated/α-hetero) is 1. The van der Waals surface area contributed by atoms with Gasteiger partial charge in [-0.05, 0) is 18.1 Å². The van der Waals surface area contributed by atoms with Gasteiger partial charge >= 0.3 is 0 Å². The van der Waals surface area contributed by atoms with Crippen LogP contribution in [0.25, 0.3) is 0 Å². The Morgan fingerprint density at radius 3 is 2.43 bits per heavy atom. The van der Waals surface area contributed by atoms with Gasteiger partial charge in [0.15, 0.2) is 5.78 Å². The van der Waals surface area contributed by atoms with Crippen LogP contribution in [0.5, 0.6) is 0 Å². The molecule has 0 bridgehead atoms. The highest BCUT2D eigenvalue weighted by molar-refractivity contribution is 5.89. The molecule has 1 atom stereocenters. The Kier molecular flexibility index (Phi) is 6.78. The lowest BCUT2D eigenvalue weighted by Gasteiger charge is -2.09. The van der Waals surface area contributed by atoms with E-state index in [9.17, 15) is 4.79 Å². The number of anilines is 1. The van der Waals surface area contributed by atoms with Crippen molar-refractivity contribution < 1.29 is 4.79 Å². The van der Waals surface area contributed by atoms with E-state index >= 15 is 0 Å². The van der Waals surface area contributed by atoms with E-state index in [2.05, 4.69) is 24.4 Å². The lowest BCUT2D eigenvalue weighted by Crippen LogP contribution is -2.26. The minimum Gasteiger partial charge on any atom is -0.375 e. The third-order valence-corrected chi connectivity index (χ3v) is 4.44. The van der Waals surface area contributed by atoms with Crippen LogP contribution in [0.2, 0.25) is 0 Å². The van der Waals surface area contributed by atoms with Gasteiger partial charge in [0.05, 0.1) is 6.04 Å². The average molecular weight is 287 g/mol. The quantitative estimate of drug-likeness (QED) is 0.605. The van der Waals surface area contributed by atoms with Crippen LogP contribution in [0, 0.1) is 0 Å². The SMILES string of the molecule is CCCCCCCCCCC(=O)C1Cc2ccccc2N1. The molecule has 116 valence electrons. The summed E-state index contributed by atoms with van der Waals surface area (Å²) in [6, 6.07) is 8.28. The summed E-state index contributed by atoms with van der Waals surface area (Å²) in [4.78, 5) is 12.2. The van der Waals surface area contributed by atoms with Gasteiger partial charge in [0.1, 0.15) is 0 Å². The topological polar surface area (TPSA) is 29.1 Å². The van der Waals surface area contributed by atoms with Gasteiger partial charge in [-0.15, -0.1) is 0 Å². The van der Waals surface area contributed by atoms with Gasteiger partial charge in [-0.3, -0.25) is 4.79 Å². The van der Waals surface area contributed by atoms with Crippen LogP contribution in [0.1, 0.15) is 70.3 Å². The Morgan fingerprint density at radius 1 is 1.05 bits per heavy atom. The number of carbonyl (C=O) groups is 1. The number of para-hydroxylation sites is 1. The Bertz CT molecular complexity index is 416. The van der Waals surface area contributed by atoms with Crippen LogP contribution in [0.4, 0.5) is 5.69 Å². The first kappa shape index (κ1) is 16.1. The average Bonchev–Trinajstić information content (AvgIpc) is 2.94. The first-order valence-electron chi connectivity index (χ1n) is 8.68. The minimum absolute atomic E-state index is 0.0203. The second-order valence-corrected chi connectivity index (χ2v) is 6.25. The summed E-state index contributed by atoms with van der Waals surface area (Å²) in [5, 5.41) is 3.36. The highest BCUT2D eigenvalue weighted by Crippen LogP contribution is 2.26. The molecule has 21 heavy (non-hydrogen) atoms. The standard InChI is InChI=1S/C19H29NO/c1-2-3-4-5-6-7-8-9-14-19(21)18-15-16-12-10-11-13-17(16)20-18/h10-13,18,20H,2-9,14-15H2,1H3. The number of unbranched alkanes of at least 4 members (excludes halogenated alkanes) is 7. The molecule has 1 unspecified atom stereocenters. The molecule has 1 aromatic rings. The summed E-state index contributed by atoms with van der Waals surface area (Å²) in [5.74, 6) is 0.386. The van der Waals surface area contributed by atoms with Crippen molar-refractivity contribution in [3.8, 4) is 0 Å². The number of hydrogen-bond donors (Lipinski definition) is 1. The molecule has 0 fully saturated rings. The summed E-state index contributed by atoms with van der Waals surface area (Å²) < 4.78 is 0. The molecular weight excluding hydrogens is 258 g/mol. The van der Waals surface area contributed by atoms with Gasteiger partial charge in [0.2, 0.25) is 0 Å². The zero-order valence-corrected chi connectivity index (χ0v) is 13.4. The lowest BCUT2D eigenvalue weighted by molar-refractivity contribution is -0.119. The van der Waals surface area contributed by atoms with Crippen molar-refractivity contribution in [3.63, 3.8) is 0 Å². The number of rotatable bonds is 10. The Balaban J connectivity index is 1.55. The molecule has 0 radical (unpaired) electrons. The van der Waals surface area contributed by atoms with E-state index in [1.54, 1.807) is 0 Å². The Hall–Kier alpha value is -1.31. The van der Waals surface area contributed by atoms with Gasteiger partial charge in [0.25, 0.3) is 0 Å². The molecule has 1 aromatic carbocycles. The van der Waals surface area contributed by atoms with Crippen molar-refractivity contribution in [3.05, 3.63) is 29.8 Å². The van der Waals surface area contributed by atoms with Crippen LogP contribution in [0.15, 0.2) is 24.3 Å². The zero-order valence-electron chi connectivity index (χ0n) is 13.4. The van der Waals surface area contributed by atoms with E-state index in [4.69, 9.17) is 0 Å². The fourth-order valence-corrected chi connectivity index (χ4v) is 3.10. The maximum Gasteiger partial charge on any atom is 0.155 e. The number of carbonyl (C=O) groups excluding carboxylic acids is 1. The second kappa shape index (κ2) is 8.86. The summed E-state index contributed by atoms with van der Waals surface area (Å²) in [6.07, 6.45) is 11.9. The van der Waals surface area contributed by atoms with Gasteiger partial charge in [0, 0.05) is 18.5 Å². The van der Waals surface area contributed by atoms with E-state index in [-0.39, 0.29) is 6.04 Å². The van der Waals surface area contributed by atoms with Crippen LogP contribution >= 0.6 is 0 Å². The van der Waals surface area contributed by atoms with Crippen LogP contribution in [-0.4, -0.2) is 11.8 Å². The minimum atomic E-state index is 0.0203. The second-order valence-electron chi connectivity index (χ2n) is 6.25. The van der Waals surface area contributed by atoms with Crippen molar-refractivity contribution >= 4 is 11.5 Å². The van der Waals surface area contributed by atoms with Gasteiger partial charge < -0.3 is 5.32 Å². The molecule has 0 aliphatic carbocycles. The molecule has 2 nitrogen and oxygen atoms in total. The van der Waals surface area contributed by atoms with Crippen molar-refractivity contribution in [2.24, 2.45) is 0 Å². The predicted molar refractivity (Wildman–Crippen MR) is 89.8 cm³/mol. The fraction of sp³-hybridized carbons (Fsp3) is 0.632. The predicted octanol–water partition coefficient (Wildman–Crippen LogP) is 5.12. The number of ketones is 1. The third kappa shape index (κ3) is 5.18. The maximum atomic E-state index is 12.2. The number of hydrogen-bond acceptors (Lipinski definition) is 2. The van der Waals surface area contributed by atoms with Crippen LogP contribution in [-0.2, 0) is 11.2 Å². The highest BCUT2D eigenvalue weighted by atomic mass is 16.1. The summed E-state index contributed by atoms with van der Waals surface area (Å²) in [7, 11) is 0. The van der Waals surface area contributed by atoms with E-state index < -0.39 is 0 Å². The molecule has 0 saturated heterocycles. The fourth-order valence-electron chi connectivity index (χ4n) is 3.10. The van der Waals surface area contributed by atoms with Crippen LogP contribution < -0.4 is 5.32 Å². The van der Waals surface area contributed by atoms with Crippen molar-refractivity contribution in [1.82, 2.24) is 0 Å². The van der Waals surface area contributed by atoms with E-state index in [0.29, 0.717) is 5.78 Å². The molecule has 0 aromatic heterocycles. The summed E-state index contributed by atoms with van der Waals surface area (Å²) in [6.45, 7) is 2.25. The van der Waals surface area contributed by atoms with Gasteiger partial charge in [-0.2, -0.15) is 0 Å². The van der Waals surface area contributed by atoms with Crippen molar-refractivity contribution in [2.45, 2.75) is 77.2 Å². The van der Waals surface area contributed by atoms with Crippen LogP contribution in [0.3, 0.4) is 0 Å². The Labute approximate surface area is 129 Å². The number of fused-ring (bicyclic) bond motifs is 1. The molecule has 0 saturated carbocycles. The van der Waals surface area contributed by atoms with Gasteiger partial charge in [-0.25, -0.2) is 0 Å². The van der Waals surface area contributed by atoms with E-state index in [0.717, 1.165) is 24.9 Å².